The lowest BCUT2D eigenvalue weighted by Crippen LogP contribution is -2.35. The fourth-order valence-electron chi connectivity index (χ4n) is 2.02. The van der Waals surface area contributed by atoms with E-state index in [1.54, 1.807) is 6.92 Å². The van der Waals surface area contributed by atoms with Crippen molar-refractivity contribution >= 4 is 51.8 Å². The number of nitrogens with two attached hydrogens (primary N) is 1. The van der Waals surface area contributed by atoms with Gasteiger partial charge < -0.3 is 15.4 Å². The highest BCUT2D eigenvalue weighted by atomic mass is 32.2. The number of benzene rings is 1. The van der Waals surface area contributed by atoms with Gasteiger partial charge in [0.1, 0.15) is 5.82 Å². The van der Waals surface area contributed by atoms with Crippen molar-refractivity contribution in [2.45, 2.75) is 17.7 Å². The van der Waals surface area contributed by atoms with Gasteiger partial charge in [-0.05, 0) is 31.2 Å². The molecule has 0 saturated carbocycles. The lowest BCUT2D eigenvalue weighted by Gasteiger charge is -2.22. The Hall–Kier alpha value is -2.73. The molecule has 3 N–H and O–H groups in total. The van der Waals surface area contributed by atoms with E-state index in [4.69, 9.17) is 10.5 Å². The van der Waals surface area contributed by atoms with Gasteiger partial charge in [-0.15, -0.1) is 10.2 Å². The van der Waals surface area contributed by atoms with Gasteiger partial charge in [-0.25, -0.2) is 9.18 Å². The molecule has 0 aliphatic rings. The summed E-state index contributed by atoms with van der Waals surface area (Å²) >= 11 is 2.21. The van der Waals surface area contributed by atoms with Gasteiger partial charge in [-0.1, -0.05) is 23.1 Å². The van der Waals surface area contributed by atoms with Crippen molar-refractivity contribution in [3.63, 3.8) is 0 Å². The lowest BCUT2D eigenvalue weighted by atomic mass is 10.2. The first kappa shape index (κ1) is 21.6. The third-order valence-corrected chi connectivity index (χ3v) is 5.19. The maximum Gasteiger partial charge on any atom is 0.413 e. The van der Waals surface area contributed by atoms with Gasteiger partial charge in [0, 0.05) is 18.7 Å². The molecule has 0 radical (unpaired) electrons. The number of thioether (sulfide) groups is 1. The Kier molecular flexibility index (Phi) is 8.14. The number of primary amides is 1. The number of ether oxygens (including phenoxy) is 1. The number of nitrogens with one attached hydrogen (secondary N) is 1. The van der Waals surface area contributed by atoms with Crippen LogP contribution in [0, 0.1) is 5.82 Å². The summed E-state index contributed by atoms with van der Waals surface area (Å²) in [5.41, 5.74) is 5.62. The summed E-state index contributed by atoms with van der Waals surface area (Å²) in [7, 11) is 0. The predicted octanol–water partition coefficient (Wildman–Crippen LogP) is 2.25. The highest BCUT2D eigenvalue weighted by Gasteiger charge is 2.18. The van der Waals surface area contributed by atoms with Gasteiger partial charge in [-0.2, -0.15) is 0 Å². The minimum atomic E-state index is -0.639. The molecule has 9 nitrogen and oxygen atoms in total. The summed E-state index contributed by atoms with van der Waals surface area (Å²) in [5, 5.41) is 10.4. The summed E-state index contributed by atoms with van der Waals surface area (Å²) in [6, 6.07) is 5.35. The number of nitrogens with zero attached hydrogens (tertiary/aromatic N) is 3. The van der Waals surface area contributed by atoms with Gasteiger partial charge in [0.25, 0.3) is 0 Å². The van der Waals surface area contributed by atoms with Crippen LogP contribution < -0.4 is 16.0 Å². The molecule has 2 rings (SSSR count). The number of anilines is 2. The maximum absolute atomic E-state index is 13.1. The molecule has 12 heteroatoms. The second-order valence-corrected chi connectivity index (χ2v) is 7.45. The lowest BCUT2D eigenvalue weighted by molar-refractivity contribution is -0.118. The maximum atomic E-state index is 13.1. The van der Waals surface area contributed by atoms with Gasteiger partial charge >= 0.3 is 6.09 Å². The van der Waals surface area contributed by atoms with Crippen molar-refractivity contribution < 1.29 is 23.5 Å². The van der Waals surface area contributed by atoms with Crippen LogP contribution in [0.15, 0.2) is 28.6 Å². The van der Waals surface area contributed by atoms with Crippen LogP contribution in [0.3, 0.4) is 0 Å². The van der Waals surface area contributed by atoms with Crippen molar-refractivity contribution in [1.82, 2.24) is 10.2 Å². The van der Waals surface area contributed by atoms with E-state index >= 15 is 0 Å². The first-order chi connectivity index (χ1) is 13.4. The highest BCUT2D eigenvalue weighted by molar-refractivity contribution is 8.01. The molecule has 0 aliphatic carbocycles. The molecule has 0 saturated heterocycles. The van der Waals surface area contributed by atoms with Crippen LogP contribution in [0.2, 0.25) is 0 Å². The van der Waals surface area contributed by atoms with E-state index in [1.807, 2.05) is 0 Å². The standard InChI is InChI=1S/C16H18FN5O4S2/c1-2-26-15(25)19-14-20-21-16(28-14)27-9-13(24)22(8-7-12(18)23)11-5-3-10(17)4-6-11/h3-6H,2,7-9H2,1H3,(H2,18,23)(H,19,20,25). The van der Waals surface area contributed by atoms with Crippen LogP contribution in [0.25, 0.3) is 0 Å². The number of hydrogen-bond donors (Lipinski definition) is 2. The van der Waals surface area contributed by atoms with E-state index in [-0.39, 0.29) is 36.4 Å². The number of rotatable bonds is 9. The third-order valence-electron chi connectivity index (χ3n) is 3.23. The van der Waals surface area contributed by atoms with E-state index in [2.05, 4.69) is 15.5 Å². The zero-order valence-corrected chi connectivity index (χ0v) is 16.5. The summed E-state index contributed by atoms with van der Waals surface area (Å²) in [4.78, 5) is 36.4. The van der Waals surface area contributed by atoms with E-state index in [0.717, 1.165) is 23.1 Å². The molecule has 1 aromatic carbocycles. The Morgan fingerprint density at radius 3 is 2.64 bits per heavy atom. The molecule has 1 aromatic heterocycles. The minimum Gasteiger partial charge on any atom is -0.450 e. The molecule has 3 amide bonds. The summed E-state index contributed by atoms with van der Waals surface area (Å²) in [6.07, 6.45) is -0.666. The third kappa shape index (κ3) is 6.78. The van der Waals surface area contributed by atoms with Gasteiger partial charge in [0.15, 0.2) is 4.34 Å². The van der Waals surface area contributed by atoms with Crippen LogP contribution in [-0.4, -0.2) is 47.0 Å². The van der Waals surface area contributed by atoms with E-state index < -0.39 is 17.8 Å². The number of aromatic nitrogens is 2. The molecule has 1 heterocycles. The average molecular weight is 427 g/mol. The molecule has 0 atom stereocenters. The summed E-state index contributed by atoms with van der Waals surface area (Å²) < 4.78 is 18.4. The number of amides is 3. The first-order valence-corrected chi connectivity index (χ1v) is 9.93. The van der Waals surface area contributed by atoms with Gasteiger partial charge in [0.2, 0.25) is 16.9 Å². The molecule has 0 spiro atoms. The van der Waals surface area contributed by atoms with Crippen LogP contribution in [-0.2, 0) is 14.3 Å². The number of carbonyl (C=O) groups is 3. The van der Waals surface area contributed by atoms with E-state index in [0.29, 0.717) is 10.0 Å². The molecule has 0 unspecified atom stereocenters. The van der Waals surface area contributed by atoms with Crippen molar-refractivity contribution in [3.05, 3.63) is 30.1 Å². The summed E-state index contributed by atoms with van der Waals surface area (Å²) in [5.74, 6) is -1.29. The molecule has 28 heavy (non-hydrogen) atoms. The van der Waals surface area contributed by atoms with Crippen LogP contribution in [0.1, 0.15) is 13.3 Å². The monoisotopic (exact) mass is 427 g/mol. The van der Waals surface area contributed by atoms with Crippen LogP contribution in [0.4, 0.5) is 20.0 Å². The highest BCUT2D eigenvalue weighted by Crippen LogP contribution is 2.26. The fraction of sp³-hybridized carbons (Fsp3) is 0.312. The van der Waals surface area contributed by atoms with Crippen molar-refractivity contribution in [1.29, 1.82) is 0 Å². The van der Waals surface area contributed by atoms with E-state index in [9.17, 15) is 18.8 Å². The summed E-state index contributed by atoms with van der Waals surface area (Å²) in [6.45, 7) is 1.98. The van der Waals surface area contributed by atoms with Crippen LogP contribution in [0.5, 0.6) is 0 Å². The Morgan fingerprint density at radius 2 is 2.00 bits per heavy atom. The van der Waals surface area contributed by atoms with Crippen molar-refractivity contribution in [3.8, 4) is 0 Å². The van der Waals surface area contributed by atoms with Crippen molar-refractivity contribution in [2.75, 3.05) is 29.1 Å². The zero-order chi connectivity index (χ0) is 20.5. The topological polar surface area (TPSA) is 128 Å². The normalized spacial score (nSPS) is 10.4. The Morgan fingerprint density at radius 1 is 1.29 bits per heavy atom. The Labute approximate surface area is 168 Å². The molecular weight excluding hydrogens is 409 g/mol. The average Bonchev–Trinajstić information content (AvgIpc) is 3.08. The SMILES string of the molecule is CCOC(=O)Nc1nnc(SCC(=O)N(CCC(N)=O)c2ccc(F)cc2)s1. The molecular formula is C16H18FN5O4S2. The minimum absolute atomic E-state index is 0.00414. The molecule has 0 aliphatic heterocycles. The second-order valence-electron chi connectivity index (χ2n) is 5.25. The Balaban J connectivity index is 1.99. The fourth-order valence-corrected chi connectivity index (χ4v) is 3.63. The molecule has 0 fully saturated rings. The smallest absolute Gasteiger partial charge is 0.413 e. The van der Waals surface area contributed by atoms with Crippen molar-refractivity contribution in [2.24, 2.45) is 5.73 Å². The van der Waals surface area contributed by atoms with Gasteiger partial charge in [-0.3, -0.25) is 14.9 Å². The first-order valence-electron chi connectivity index (χ1n) is 8.13. The molecule has 0 bridgehead atoms. The van der Waals surface area contributed by atoms with E-state index in [1.165, 1.54) is 29.2 Å². The number of halogens is 1. The quantitative estimate of drug-likeness (QED) is 0.464. The number of carbonyl (C=O) groups excluding carboxylic acids is 3. The molecule has 150 valence electrons. The Bertz CT molecular complexity index is 831. The second kappa shape index (κ2) is 10.6. The predicted molar refractivity (Wildman–Crippen MR) is 104 cm³/mol. The largest absolute Gasteiger partial charge is 0.450 e. The zero-order valence-electron chi connectivity index (χ0n) is 14.9. The molecule has 2 aromatic rings. The van der Waals surface area contributed by atoms with Crippen LogP contribution >= 0.6 is 23.1 Å². The number of hydrogen-bond acceptors (Lipinski definition) is 8. The van der Waals surface area contributed by atoms with Gasteiger partial charge in [0.05, 0.1) is 12.4 Å².